The second kappa shape index (κ2) is 5.22. The number of nitrogens with zero attached hydrogens (tertiary/aromatic N) is 2. The van der Waals surface area contributed by atoms with Gasteiger partial charge in [-0.1, -0.05) is 12.8 Å². The maximum absolute atomic E-state index is 5.97. The zero-order valence-corrected chi connectivity index (χ0v) is 11.6. The average molecular weight is 268 g/mol. The molecule has 1 heterocycles. The molecular weight excluding hydrogens is 246 g/mol. The Morgan fingerprint density at radius 2 is 2.17 bits per heavy atom. The molecule has 0 saturated heterocycles. The van der Waals surface area contributed by atoms with Gasteiger partial charge in [0, 0.05) is 25.2 Å². The van der Waals surface area contributed by atoms with Crippen LogP contribution in [0, 0.1) is 5.41 Å². The van der Waals surface area contributed by atoms with E-state index in [2.05, 4.69) is 27.4 Å². The van der Waals surface area contributed by atoms with Crippen LogP contribution in [0.3, 0.4) is 0 Å². The van der Waals surface area contributed by atoms with E-state index < -0.39 is 0 Å². The SMILES string of the molecule is ClCC1(CNCc2ccn(C3CCCC3)n2)CC1. The lowest BCUT2D eigenvalue weighted by atomic mass is 10.1. The number of rotatable bonds is 6. The molecule has 2 aliphatic carbocycles. The molecule has 0 aliphatic heterocycles. The Hall–Kier alpha value is -0.540. The van der Waals surface area contributed by atoms with Gasteiger partial charge >= 0.3 is 0 Å². The predicted octanol–water partition coefficient (Wildman–Crippen LogP) is 3.11. The third kappa shape index (κ3) is 2.72. The lowest BCUT2D eigenvalue weighted by Gasteiger charge is -2.11. The first-order chi connectivity index (χ1) is 8.81. The van der Waals surface area contributed by atoms with Gasteiger partial charge in [-0.2, -0.15) is 5.10 Å². The molecule has 0 unspecified atom stereocenters. The molecule has 1 aromatic heterocycles. The highest BCUT2D eigenvalue weighted by molar-refractivity contribution is 6.18. The Labute approximate surface area is 114 Å². The quantitative estimate of drug-likeness (QED) is 0.803. The molecule has 0 spiro atoms. The molecule has 2 fully saturated rings. The van der Waals surface area contributed by atoms with E-state index in [1.54, 1.807) is 0 Å². The molecule has 0 atom stereocenters. The van der Waals surface area contributed by atoms with Crippen molar-refractivity contribution in [3.05, 3.63) is 18.0 Å². The summed E-state index contributed by atoms with van der Waals surface area (Å²) in [5, 5.41) is 8.18. The fraction of sp³-hybridized carbons (Fsp3) is 0.786. The van der Waals surface area contributed by atoms with Crippen LogP contribution in [0.2, 0.25) is 0 Å². The van der Waals surface area contributed by atoms with Crippen LogP contribution in [0.15, 0.2) is 12.3 Å². The van der Waals surface area contributed by atoms with Crippen molar-refractivity contribution in [3.63, 3.8) is 0 Å². The summed E-state index contributed by atoms with van der Waals surface area (Å²) >= 11 is 5.97. The number of hydrogen-bond acceptors (Lipinski definition) is 2. The van der Waals surface area contributed by atoms with Crippen LogP contribution in [0.4, 0.5) is 0 Å². The number of halogens is 1. The van der Waals surface area contributed by atoms with Crippen LogP contribution in [0.25, 0.3) is 0 Å². The van der Waals surface area contributed by atoms with Crippen LogP contribution in [-0.2, 0) is 6.54 Å². The van der Waals surface area contributed by atoms with Crippen molar-refractivity contribution in [2.45, 2.75) is 51.1 Å². The summed E-state index contributed by atoms with van der Waals surface area (Å²) in [7, 11) is 0. The van der Waals surface area contributed by atoms with Gasteiger partial charge in [-0.3, -0.25) is 4.68 Å². The molecule has 0 amide bonds. The predicted molar refractivity (Wildman–Crippen MR) is 73.8 cm³/mol. The minimum atomic E-state index is 0.398. The number of hydrogen-bond donors (Lipinski definition) is 1. The minimum Gasteiger partial charge on any atom is -0.311 e. The second-order valence-electron chi connectivity index (χ2n) is 5.96. The fourth-order valence-corrected chi connectivity index (χ4v) is 3.20. The van der Waals surface area contributed by atoms with Gasteiger partial charge in [0.2, 0.25) is 0 Å². The maximum Gasteiger partial charge on any atom is 0.0762 e. The molecule has 2 saturated carbocycles. The van der Waals surface area contributed by atoms with Crippen LogP contribution in [0.1, 0.15) is 50.3 Å². The Bertz CT molecular complexity index is 391. The van der Waals surface area contributed by atoms with E-state index in [9.17, 15) is 0 Å². The Kier molecular flexibility index (Phi) is 3.62. The molecule has 0 bridgehead atoms. The maximum atomic E-state index is 5.97. The molecule has 0 radical (unpaired) electrons. The number of alkyl halides is 1. The van der Waals surface area contributed by atoms with Crippen molar-refractivity contribution < 1.29 is 0 Å². The zero-order chi connectivity index (χ0) is 12.4. The first kappa shape index (κ1) is 12.5. The summed E-state index contributed by atoms with van der Waals surface area (Å²) in [6.45, 7) is 1.91. The van der Waals surface area contributed by atoms with Crippen molar-refractivity contribution in [2.24, 2.45) is 5.41 Å². The van der Waals surface area contributed by atoms with E-state index in [1.807, 2.05) is 0 Å². The van der Waals surface area contributed by atoms with Gasteiger partial charge in [-0.25, -0.2) is 0 Å². The largest absolute Gasteiger partial charge is 0.311 e. The standard InChI is InChI=1S/C14H22ClN3/c15-10-14(6-7-14)11-16-9-12-5-8-18(17-12)13-3-1-2-4-13/h5,8,13,16H,1-4,6-7,9-11H2. The Morgan fingerprint density at radius 1 is 1.39 bits per heavy atom. The van der Waals surface area contributed by atoms with Crippen LogP contribution >= 0.6 is 11.6 Å². The second-order valence-corrected chi connectivity index (χ2v) is 6.23. The molecule has 3 rings (SSSR count). The normalized spacial score (nSPS) is 22.5. The summed E-state index contributed by atoms with van der Waals surface area (Å²) in [5.74, 6) is 0.788. The minimum absolute atomic E-state index is 0.398. The first-order valence-corrected chi connectivity index (χ1v) is 7.66. The van der Waals surface area contributed by atoms with Crippen molar-refractivity contribution >= 4 is 11.6 Å². The lowest BCUT2D eigenvalue weighted by Crippen LogP contribution is -2.25. The third-order valence-electron chi connectivity index (χ3n) is 4.41. The topological polar surface area (TPSA) is 29.9 Å². The van der Waals surface area contributed by atoms with E-state index in [0.29, 0.717) is 11.5 Å². The van der Waals surface area contributed by atoms with Gasteiger partial charge in [0.05, 0.1) is 11.7 Å². The van der Waals surface area contributed by atoms with Crippen molar-refractivity contribution in [3.8, 4) is 0 Å². The smallest absolute Gasteiger partial charge is 0.0762 e. The summed E-state index contributed by atoms with van der Waals surface area (Å²) in [5.41, 5.74) is 1.56. The van der Waals surface area contributed by atoms with Gasteiger partial charge < -0.3 is 5.32 Å². The highest BCUT2D eigenvalue weighted by atomic mass is 35.5. The molecule has 4 heteroatoms. The van der Waals surface area contributed by atoms with Gasteiger partial charge in [-0.05, 0) is 37.2 Å². The van der Waals surface area contributed by atoms with Crippen LogP contribution in [-0.4, -0.2) is 22.2 Å². The number of nitrogens with one attached hydrogen (secondary N) is 1. The van der Waals surface area contributed by atoms with E-state index >= 15 is 0 Å². The monoisotopic (exact) mass is 267 g/mol. The van der Waals surface area contributed by atoms with Crippen molar-refractivity contribution in [2.75, 3.05) is 12.4 Å². The lowest BCUT2D eigenvalue weighted by molar-refractivity contribution is 0.455. The third-order valence-corrected chi connectivity index (χ3v) is 4.98. The Balaban J connectivity index is 1.48. The first-order valence-electron chi connectivity index (χ1n) is 7.12. The summed E-state index contributed by atoms with van der Waals surface area (Å²) in [6.07, 6.45) is 10.0. The summed E-state index contributed by atoms with van der Waals surface area (Å²) in [4.78, 5) is 0. The molecule has 18 heavy (non-hydrogen) atoms. The van der Waals surface area contributed by atoms with Crippen LogP contribution in [0.5, 0.6) is 0 Å². The average Bonchev–Trinajstić information content (AvgIpc) is 2.84. The van der Waals surface area contributed by atoms with Crippen molar-refractivity contribution in [1.29, 1.82) is 0 Å². The van der Waals surface area contributed by atoms with E-state index in [1.165, 1.54) is 38.5 Å². The van der Waals surface area contributed by atoms with Gasteiger partial charge in [-0.15, -0.1) is 11.6 Å². The van der Waals surface area contributed by atoms with E-state index in [4.69, 9.17) is 11.6 Å². The zero-order valence-electron chi connectivity index (χ0n) is 10.9. The Morgan fingerprint density at radius 3 is 2.83 bits per heavy atom. The molecule has 3 nitrogen and oxygen atoms in total. The molecular formula is C14H22ClN3. The number of aromatic nitrogens is 2. The van der Waals surface area contributed by atoms with E-state index in [-0.39, 0.29) is 0 Å². The summed E-state index contributed by atoms with van der Waals surface area (Å²) in [6, 6.07) is 2.79. The molecule has 1 N–H and O–H groups in total. The van der Waals surface area contributed by atoms with Crippen molar-refractivity contribution in [1.82, 2.24) is 15.1 Å². The van der Waals surface area contributed by atoms with Gasteiger partial charge in [0.1, 0.15) is 0 Å². The molecule has 0 aromatic carbocycles. The molecule has 1 aromatic rings. The van der Waals surface area contributed by atoms with Crippen LogP contribution < -0.4 is 5.32 Å². The summed E-state index contributed by atoms with van der Waals surface area (Å²) < 4.78 is 2.17. The molecule has 2 aliphatic rings. The van der Waals surface area contributed by atoms with E-state index in [0.717, 1.165) is 24.7 Å². The highest BCUT2D eigenvalue weighted by Gasteiger charge is 2.41. The van der Waals surface area contributed by atoms with Gasteiger partial charge in [0.25, 0.3) is 0 Å². The highest BCUT2D eigenvalue weighted by Crippen LogP contribution is 2.45. The van der Waals surface area contributed by atoms with Gasteiger partial charge in [0.15, 0.2) is 0 Å². The molecule has 100 valence electrons. The fourth-order valence-electron chi connectivity index (χ4n) is 2.83.